The van der Waals surface area contributed by atoms with Crippen molar-refractivity contribution in [1.29, 1.82) is 0 Å². The van der Waals surface area contributed by atoms with E-state index in [9.17, 15) is 0 Å². The van der Waals surface area contributed by atoms with Crippen LogP contribution in [0.4, 0.5) is 0 Å². The van der Waals surface area contributed by atoms with Crippen molar-refractivity contribution in [2.24, 2.45) is 0 Å². The topological polar surface area (TPSA) is 49.0 Å². The van der Waals surface area contributed by atoms with Gasteiger partial charge in [0.25, 0.3) is 0 Å². The monoisotopic (exact) mass is 219 g/mol. The molecule has 2 atom stereocenters. The number of ether oxygens (including phenoxy) is 4. The molecule has 0 unspecified atom stereocenters. The first-order valence-corrected chi connectivity index (χ1v) is 5.26. The molecule has 0 amide bonds. The molecule has 5 heteroatoms. The molecule has 90 valence electrons. The maximum atomic E-state index is 5.29. The van der Waals surface area contributed by atoms with Gasteiger partial charge in [0.1, 0.15) is 13.6 Å². The van der Waals surface area contributed by atoms with Crippen LogP contribution in [-0.2, 0) is 18.9 Å². The third-order valence-electron chi connectivity index (χ3n) is 2.38. The lowest BCUT2D eigenvalue weighted by molar-refractivity contribution is -0.0425. The molecule has 0 aromatic heterocycles. The molecule has 0 aromatic carbocycles. The number of rotatable bonds is 8. The van der Waals surface area contributed by atoms with Gasteiger partial charge in [-0.2, -0.15) is 0 Å². The molecule has 0 aliphatic carbocycles. The standard InChI is InChI=1S/C10H21NO4/c1-12-7-14-5-9-3-4-10(11-9)6-15-8-13-2/h9-11H,3-8H2,1-2H3/t9-,10-/m1/s1. The molecule has 0 aromatic rings. The van der Waals surface area contributed by atoms with Gasteiger partial charge in [0.05, 0.1) is 13.2 Å². The zero-order chi connectivity index (χ0) is 10.9. The van der Waals surface area contributed by atoms with Gasteiger partial charge in [-0.15, -0.1) is 0 Å². The quantitative estimate of drug-likeness (QED) is 0.471. The fraction of sp³-hybridized carbons (Fsp3) is 1.00. The molecule has 1 aliphatic heterocycles. The second-order valence-corrected chi connectivity index (χ2v) is 3.69. The molecule has 1 aliphatic rings. The van der Waals surface area contributed by atoms with Crippen molar-refractivity contribution < 1.29 is 18.9 Å². The highest BCUT2D eigenvalue weighted by Crippen LogP contribution is 2.12. The Morgan fingerprint density at radius 3 is 1.80 bits per heavy atom. The van der Waals surface area contributed by atoms with Crippen LogP contribution < -0.4 is 5.32 Å². The Kier molecular flexibility index (Phi) is 6.87. The van der Waals surface area contributed by atoms with Gasteiger partial charge in [-0.3, -0.25) is 0 Å². The van der Waals surface area contributed by atoms with Crippen molar-refractivity contribution in [3.8, 4) is 0 Å². The van der Waals surface area contributed by atoms with Gasteiger partial charge in [0.2, 0.25) is 0 Å². The number of hydrogen-bond acceptors (Lipinski definition) is 5. The van der Waals surface area contributed by atoms with Crippen LogP contribution >= 0.6 is 0 Å². The largest absolute Gasteiger partial charge is 0.359 e. The number of methoxy groups -OCH3 is 2. The molecular formula is C10H21NO4. The summed E-state index contributed by atoms with van der Waals surface area (Å²) in [6.07, 6.45) is 2.26. The van der Waals surface area contributed by atoms with Gasteiger partial charge in [-0.05, 0) is 12.8 Å². The van der Waals surface area contributed by atoms with Gasteiger partial charge in [-0.25, -0.2) is 0 Å². The minimum atomic E-state index is 0.364. The Hall–Kier alpha value is -0.200. The summed E-state index contributed by atoms with van der Waals surface area (Å²) in [4.78, 5) is 0. The minimum absolute atomic E-state index is 0.364. The van der Waals surface area contributed by atoms with E-state index in [0.29, 0.717) is 38.9 Å². The summed E-state index contributed by atoms with van der Waals surface area (Å²) in [7, 11) is 3.26. The second-order valence-electron chi connectivity index (χ2n) is 3.69. The lowest BCUT2D eigenvalue weighted by atomic mass is 10.2. The highest BCUT2D eigenvalue weighted by molar-refractivity contribution is 4.82. The van der Waals surface area contributed by atoms with Crippen molar-refractivity contribution in [3.63, 3.8) is 0 Å². The average Bonchev–Trinajstić information content (AvgIpc) is 2.67. The van der Waals surface area contributed by atoms with Crippen molar-refractivity contribution >= 4 is 0 Å². The molecule has 1 fully saturated rings. The fourth-order valence-electron chi connectivity index (χ4n) is 1.71. The van der Waals surface area contributed by atoms with E-state index in [1.165, 1.54) is 0 Å². The molecule has 0 spiro atoms. The molecule has 0 radical (unpaired) electrons. The van der Waals surface area contributed by atoms with Crippen LogP contribution in [0, 0.1) is 0 Å². The highest BCUT2D eigenvalue weighted by atomic mass is 16.7. The Balaban J connectivity index is 1.99. The van der Waals surface area contributed by atoms with E-state index in [1.807, 2.05) is 0 Å². The molecular weight excluding hydrogens is 198 g/mol. The van der Waals surface area contributed by atoms with Crippen LogP contribution in [0.15, 0.2) is 0 Å². The highest BCUT2D eigenvalue weighted by Gasteiger charge is 2.23. The molecule has 0 bridgehead atoms. The Morgan fingerprint density at radius 2 is 1.40 bits per heavy atom. The van der Waals surface area contributed by atoms with Crippen molar-refractivity contribution in [2.75, 3.05) is 41.0 Å². The maximum Gasteiger partial charge on any atom is 0.146 e. The van der Waals surface area contributed by atoms with Crippen LogP contribution in [0.2, 0.25) is 0 Å². The summed E-state index contributed by atoms with van der Waals surface area (Å²) in [6, 6.07) is 0.854. The Labute approximate surface area is 91.0 Å². The van der Waals surface area contributed by atoms with Crippen molar-refractivity contribution in [3.05, 3.63) is 0 Å². The molecule has 1 rings (SSSR count). The van der Waals surface area contributed by atoms with Crippen molar-refractivity contribution in [2.45, 2.75) is 24.9 Å². The van der Waals surface area contributed by atoms with Gasteiger partial charge < -0.3 is 24.3 Å². The molecule has 0 saturated carbocycles. The van der Waals surface area contributed by atoms with E-state index < -0.39 is 0 Å². The summed E-state index contributed by atoms with van der Waals surface area (Å²) < 4.78 is 20.2. The molecule has 5 nitrogen and oxygen atoms in total. The average molecular weight is 219 g/mol. The summed E-state index contributed by atoms with van der Waals surface area (Å²) in [5.74, 6) is 0. The van der Waals surface area contributed by atoms with E-state index in [4.69, 9.17) is 18.9 Å². The first-order chi connectivity index (χ1) is 7.36. The van der Waals surface area contributed by atoms with Crippen LogP contribution in [0.3, 0.4) is 0 Å². The van der Waals surface area contributed by atoms with E-state index in [0.717, 1.165) is 12.8 Å². The zero-order valence-corrected chi connectivity index (χ0v) is 9.53. The van der Waals surface area contributed by atoms with Crippen LogP contribution in [0.1, 0.15) is 12.8 Å². The van der Waals surface area contributed by atoms with E-state index in [1.54, 1.807) is 14.2 Å². The van der Waals surface area contributed by atoms with Crippen molar-refractivity contribution in [1.82, 2.24) is 5.32 Å². The molecule has 1 saturated heterocycles. The Bertz CT molecular complexity index is 140. The van der Waals surface area contributed by atoms with Crippen LogP contribution in [-0.4, -0.2) is 53.1 Å². The lowest BCUT2D eigenvalue weighted by Crippen LogP contribution is -2.35. The summed E-state index contributed by atoms with van der Waals surface area (Å²) >= 11 is 0. The third kappa shape index (κ3) is 5.44. The number of nitrogens with one attached hydrogen (secondary N) is 1. The van der Waals surface area contributed by atoms with E-state index >= 15 is 0 Å². The minimum Gasteiger partial charge on any atom is -0.359 e. The first-order valence-electron chi connectivity index (χ1n) is 5.26. The van der Waals surface area contributed by atoms with Crippen LogP contribution in [0.5, 0.6) is 0 Å². The number of hydrogen-bond donors (Lipinski definition) is 1. The maximum absolute atomic E-state index is 5.29. The predicted molar refractivity (Wildman–Crippen MR) is 55.6 cm³/mol. The predicted octanol–water partition coefficient (Wildman–Crippen LogP) is 0.348. The van der Waals surface area contributed by atoms with Gasteiger partial charge in [0, 0.05) is 26.3 Å². The van der Waals surface area contributed by atoms with E-state index in [2.05, 4.69) is 5.32 Å². The molecule has 15 heavy (non-hydrogen) atoms. The lowest BCUT2D eigenvalue weighted by Gasteiger charge is -2.14. The smallest absolute Gasteiger partial charge is 0.146 e. The van der Waals surface area contributed by atoms with Crippen LogP contribution in [0.25, 0.3) is 0 Å². The fourth-order valence-corrected chi connectivity index (χ4v) is 1.71. The molecule has 1 heterocycles. The SMILES string of the molecule is COCOC[C@H]1CC[C@H](COCOC)N1. The van der Waals surface area contributed by atoms with Gasteiger partial charge in [-0.1, -0.05) is 0 Å². The molecule has 1 N–H and O–H groups in total. The van der Waals surface area contributed by atoms with Gasteiger partial charge in [0.15, 0.2) is 0 Å². The summed E-state index contributed by atoms with van der Waals surface area (Å²) in [5.41, 5.74) is 0. The zero-order valence-electron chi connectivity index (χ0n) is 9.53. The normalized spacial score (nSPS) is 26.0. The Morgan fingerprint density at radius 1 is 0.933 bits per heavy atom. The summed E-state index contributed by atoms with van der Waals surface area (Å²) in [5, 5.41) is 3.45. The third-order valence-corrected chi connectivity index (χ3v) is 2.38. The van der Waals surface area contributed by atoms with Gasteiger partial charge >= 0.3 is 0 Å². The second kappa shape index (κ2) is 8.01. The summed E-state index contributed by atoms with van der Waals surface area (Å²) in [6.45, 7) is 2.13. The van der Waals surface area contributed by atoms with E-state index in [-0.39, 0.29) is 0 Å². The first kappa shape index (κ1) is 12.9.